The van der Waals surface area contributed by atoms with Gasteiger partial charge in [0.25, 0.3) is 0 Å². The second kappa shape index (κ2) is 6.53. The topological polar surface area (TPSA) is 41.5 Å². The number of hydrogen-bond acceptors (Lipinski definition) is 3. The number of fused-ring (bicyclic) bond motifs is 2. The van der Waals surface area contributed by atoms with E-state index in [1.807, 2.05) is 0 Å². The van der Waals surface area contributed by atoms with Gasteiger partial charge < -0.3 is 15.2 Å². The minimum Gasteiger partial charge on any atom is -0.394 e. The van der Waals surface area contributed by atoms with Crippen molar-refractivity contribution in [3.8, 4) is 0 Å². The predicted octanol–water partition coefficient (Wildman–Crippen LogP) is 1.58. The highest BCUT2D eigenvalue weighted by atomic mass is 16.5. The smallest absolute Gasteiger partial charge is 0.0697 e. The Hall–Kier alpha value is -0.380. The van der Waals surface area contributed by atoms with E-state index in [1.165, 1.54) is 12.8 Å². The van der Waals surface area contributed by atoms with Gasteiger partial charge in [-0.05, 0) is 50.5 Å². The van der Waals surface area contributed by atoms with Crippen molar-refractivity contribution in [3.63, 3.8) is 0 Å². The molecule has 0 spiro atoms. The van der Waals surface area contributed by atoms with Crippen molar-refractivity contribution in [2.24, 2.45) is 17.8 Å². The number of nitrogens with one attached hydrogen (secondary N) is 1. The van der Waals surface area contributed by atoms with Crippen molar-refractivity contribution < 1.29 is 9.84 Å². The summed E-state index contributed by atoms with van der Waals surface area (Å²) >= 11 is 0. The van der Waals surface area contributed by atoms with Crippen LogP contribution >= 0.6 is 0 Å². The molecule has 98 valence electrons. The molecule has 1 fully saturated rings. The van der Waals surface area contributed by atoms with Gasteiger partial charge in [-0.25, -0.2) is 0 Å². The van der Waals surface area contributed by atoms with Crippen LogP contribution in [0.3, 0.4) is 0 Å². The quantitative estimate of drug-likeness (QED) is 0.499. The highest BCUT2D eigenvalue weighted by Crippen LogP contribution is 2.44. The van der Waals surface area contributed by atoms with Crippen LogP contribution in [0.1, 0.15) is 26.2 Å². The summed E-state index contributed by atoms with van der Waals surface area (Å²) in [6.07, 6.45) is 8.60. The van der Waals surface area contributed by atoms with E-state index in [0.29, 0.717) is 12.6 Å². The van der Waals surface area contributed by atoms with Crippen LogP contribution in [-0.2, 0) is 4.74 Å². The minimum absolute atomic E-state index is 0.126. The maximum atomic E-state index is 8.57. The molecule has 0 aromatic carbocycles. The van der Waals surface area contributed by atoms with Crippen LogP contribution < -0.4 is 5.32 Å². The molecule has 3 nitrogen and oxygen atoms in total. The third-order valence-corrected chi connectivity index (χ3v) is 4.14. The Morgan fingerprint density at radius 1 is 1.35 bits per heavy atom. The molecule has 0 amide bonds. The summed E-state index contributed by atoms with van der Waals surface area (Å²) in [5.41, 5.74) is 0. The summed E-state index contributed by atoms with van der Waals surface area (Å²) in [7, 11) is 0. The predicted molar refractivity (Wildman–Crippen MR) is 68.8 cm³/mol. The lowest BCUT2D eigenvalue weighted by Crippen LogP contribution is -2.36. The van der Waals surface area contributed by atoms with E-state index in [1.54, 1.807) is 0 Å². The lowest BCUT2D eigenvalue weighted by atomic mass is 9.87. The van der Waals surface area contributed by atoms with Crippen molar-refractivity contribution in [1.29, 1.82) is 0 Å². The summed E-state index contributed by atoms with van der Waals surface area (Å²) in [6, 6.07) is 0.618. The molecule has 4 unspecified atom stereocenters. The lowest BCUT2D eigenvalue weighted by molar-refractivity contribution is 0.0900. The average Bonchev–Trinajstić information content (AvgIpc) is 2.95. The number of aliphatic hydroxyl groups excluding tert-OH is 1. The van der Waals surface area contributed by atoms with Gasteiger partial charge in [0.15, 0.2) is 0 Å². The molecule has 0 aromatic rings. The molecule has 2 aliphatic carbocycles. The summed E-state index contributed by atoms with van der Waals surface area (Å²) in [4.78, 5) is 0. The van der Waals surface area contributed by atoms with E-state index >= 15 is 0 Å². The fraction of sp³-hybridized carbons (Fsp3) is 0.857. The van der Waals surface area contributed by atoms with E-state index in [2.05, 4.69) is 24.4 Å². The molecule has 0 radical (unpaired) electrons. The maximum Gasteiger partial charge on any atom is 0.0697 e. The van der Waals surface area contributed by atoms with Crippen molar-refractivity contribution in [2.45, 2.75) is 32.2 Å². The average molecular weight is 239 g/mol. The Balaban J connectivity index is 1.55. The normalized spacial score (nSPS) is 32.2. The van der Waals surface area contributed by atoms with Gasteiger partial charge in [0.2, 0.25) is 0 Å². The molecule has 2 bridgehead atoms. The number of allylic oxidation sites excluding steroid dienone is 2. The highest BCUT2D eigenvalue weighted by Gasteiger charge is 2.38. The Morgan fingerprint density at radius 2 is 2.24 bits per heavy atom. The van der Waals surface area contributed by atoms with Gasteiger partial charge in [-0.15, -0.1) is 0 Å². The summed E-state index contributed by atoms with van der Waals surface area (Å²) in [6.45, 7) is 4.67. The van der Waals surface area contributed by atoms with E-state index in [0.717, 1.165) is 37.3 Å². The zero-order valence-corrected chi connectivity index (χ0v) is 10.8. The second-order valence-corrected chi connectivity index (χ2v) is 5.38. The minimum atomic E-state index is 0.126. The maximum absolute atomic E-state index is 8.57. The van der Waals surface area contributed by atoms with Crippen molar-refractivity contribution in [3.05, 3.63) is 12.2 Å². The molecule has 1 saturated carbocycles. The van der Waals surface area contributed by atoms with E-state index in [9.17, 15) is 0 Å². The van der Waals surface area contributed by atoms with E-state index < -0.39 is 0 Å². The molecule has 0 saturated heterocycles. The summed E-state index contributed by atoms with van der Waals surface area (Å²) in [5, 5.41) is 12.2. The summed E-state index contributed by atoms with van der Waals surface area (Å²) < 4.78 is 5.24. The van der Waals surface area contributed by atoms with Crippen LogP contribution in [0.4, 0.5) is 0 Å². The molecule has 4 atom stereocenters. The molecular formula is C14H25NO2. The Morgan fingerprint density at radius 3 is 2.88 bits per heavy atom. The van der Waals surface area contributed by atoms with E-state index in [-0.39, 0.29) is 6.61 Å². The number of ether oxygens (including phenoxy) is 1. The van der Waals surface area contributed by atoms with Gasteiger partial charge in [0, 0.05) is 12.6 Å². The Kier molecular flexibility index (Phi) is 5.01. The van der Waals surface area contributed by atoms with Crippen LogP contribution in [-0.4, -0.2) is 37.5 Å². The Bertz CT molecular complexity index is 255. The first kappa shape index (κ1) is 13.1. The summed E-state index contributed by atoms with van der Waals surface area (Å²) in [5.74, 6) is 2.53. The van der Waals surface area contributed by atoms with Gasteiger partial charge in [-0.3, -0.25) is 0 Å². The first-order valence-electron chi connectivity index (χ1n) is 6.91. The van der Waals surface area contributed by atoms with Crippen LogP contribution in [0, 0.1) is 17.8 Å². The molecule has 0 heterocycles. The fourth-order valence-corrected chi connectivity index (χ4v) is 3.22. The molecule has 2 N–H and O–H groups in total. The van der Waals surface area contributed by atoms with Crippen LogP contribution in [0.5, 0.6) is 0 Å². The van der Waals surface area contributed by atoms with Gasteiger partial charge in [-0.2, -0.15) is 0 Å². The molecule has 2 aliphatic rings. The monoisotopic (exact) mass is 239 g/mol. The number of hydrogen-bond donors (Lipinski definition) is 2. The zero-order chi connectivity index (χ0) is 12.1. The molecule has 0 aliphatic heterocycles. The van der Waals surface area contributed by atoms with Gasteiger partial charge in [0.05, 0.1) is 13.2 Å². The zero-order valence-electron chi connectivity index (χ0n) is 10.8. The van der Waals surface area contributed by atoms with Gasteiger partial charge in [-0.1, -0.05) is 12.2 Å². The van der Waals surface area contributed by atoms with Gasteiger partial charge >= 0.3 is 0 Å². The second-order valence-electron chi connectivity index (χ2n) is 5.38. The van der Waals surface area contributed by atoms with Crippen LogP contribution in [0.15, 0.2) is 12.2 Å². The SMILES string of the molecule is CC(NCCCOCCO)C1CC2C=CC1C2. The van der Waals surface area contributed by atoms with E-state index in [4.69, 9.17) is 9.84 Å². The van der Waals surface area contributed by atoms with Crippen LogP contribution in [0.25, 0.3) is 0 Å². The molecule has 0 aromatic heterocycles. The lowest BCUT2D eigenvalue weighted by Gasteiger charge is -2.26. The largest absolute Gasteiger partial charge is 0.394 e. The Labute approximate surface area is 104 Å². The first-order valence-corrected chi connectivity index (χ1v) is 6.91. The third-order valence-electron chi connectivity index (χ3n) is 4.14. The molecular weight excluding hydrogens is 214 g/mol. The molecule has 17 heavy (non-hydrogen) atoms. The first-order chi connectivity index (χ1) is 8.31. The fourth-order valence-electron chi connectivity index (χ4n) is 3.22. The third kappa shape index (κ3) is 3.54. The van der Waals surface area contributed by atoms with Gasteiger partial charge in [0.1, 0.15) is 0 Å². The van der Waals surface area contributed by atoms with Crippen LogP contribution in [0.2, 0.25) is 0 Å². The molecule has 2 rings (SSSR count). The standard InChI is InChI=1S/C14H25NO2/c1-11(15-5-2-7-17-8-6-16)14-10-12-3-4-13(14)9-12/h3-4,11-16H,2,5-10H2,1H3. The highest BCUT2D eigenvalue weighted by molar-refractivity contribution is 5.11. The number of rotatable bonds is 8. The van der Waals surface area contributed by atoms with Crippen molar-refractivity contribution in [2.75, 3.05) is 26.4 Å². The number of aliphatic hydroxyl groups is 1. The van der Waals surface area contributed by atoms with Crippen molar-refractivity contribution >= 4 is 0 Å². The van der Waals surface area contributed by atoms with Crippen molar-refractivity contribution in [1.82, 2.24) is 5.32 Å². The molecule has 3 heteroatoms.